The quantitative estimate of drug-likeness (QED) is 0.156. The number of unbranched alkanes of at least 4 members (excludes halogenated alkanes) is 1. The standard InChI is InChI=1S/C29H37N9O2/c1-20(38(4)26(39)10-8-16-37(2)3)28(40)30-15-7-5-6-9-22-18-31-29(35-27(22)33-23-13-14-23)34-24-12-11-21-19-32-36-25(21)17-24/h8,10-12,17-20,23H,5,7,13-16H2,1-4H3,(H,30,40)(H,32,36)(H2,31,33,34,35)/t20-/m0/s1. The van der Waals surface area contributed by atoms with E-state index >= 15 is 0 Å². The van der Waals surface area contributed by atoms with Gasteiger partial charge in [-0.2, -0.15) is 10.1 Å². The van der Waals surface area contributed by atoms with E-state index < -0.39 is 6.04 Å². The number of fused-ring (bicyclic) bond motifs is 1. The molecule has 2 aromatic heterocycles. The fourth-order valence-corrected chi connectivity index (χ4v) is 3.75. The number of anilines is 3. The molecule has 2 amide bonds. The van der Waals surface area contributed by atoms with Crippen LogP contribution < -0.4 is 16.0 Å². The van der Waals surface area contributed by atoms with Gasteiger partial charge in [-0.1, -0.05) is 17.9 Å². The third kappa shape index (κ3) is 8.28. The van der Waals surface area contributed by atoms with Crippen molar-refractivity contribution in [1.29, 1.82) is 0 Å². The number of nitrogens with one attached hydrogen (secondary N) is 4. The fraction of sp³-hybridized carbons (Fsp3) is 0.414. The highest BCUT2D eigenvalue weighted by molar-refractivity contribution is 5.92. The smallest absolute Gasteiger partial charge is 0.246 e. The zero-order valence-electron chi connectivity index (χ0n) is 23.5. The summed E-state index contributed by atoms with van der Waals surface area (Å²) in [5.74, 6) is 7.15. The minimum Gasteiger partial charge on any atom is -0.366 e. The van der Waals surface area contributed by atoms with Crippen LogP contribution >= 0.6 is 0 Å². The lowest BCUT2D eigenvalue weighted by Gasteiger charge is -2.23. The van der Waals surface area contributed by atoms with Crippen molar-refractivity contribution < 1.29 is 9.59 Å². The Labute approximate surface area is 234 Å². The number of carbonyl (C=O) groups excluding carboxylic acids is 2. The molecule has 1 fully saturated rings. The van der Waals surface area contributed by atoms with Gasteiger partial charge in [0.2, 0.25) is 17.8 Å². The van der Waals surface area contributed by atoms with Crippen molar-refractivity contribution in [3.05, 3.63) is 48.3 Å². The molecule has 0 unspecified atom stereocenters. The summed E-state index contributed by atoms with van der Waals surface area (Å²) in [5.41, 5.74) is 2.53. The van der Waals surface area contributed by atoms with Crippen LogP contribution in [0.4, 0.5) is 17.5 Å². The van der Waals surface area contributed by atoms with E-state index in [1.54, 1.807) is 32.4 Å². The zero-order valence-corrected chi connectivity index (χ0v) is 23.5. The Hall–Kier alpha value is -4.43. The van der Waals surface area contributed by atoms with Crippen molar-refractivity contribution in [1.82, 2.24) is 35.3 Å². The third-order valence-corrected chi connectivity index (χ3v) is 6.44. The average molecular weight is 544 g/mol. The van der Waals surface area contributed by atoms with Gasteiger partial charge in [0.1, 0.15) is 11.9 Å². The predicted molar refractivity (Wildman–Crippen MR) is 157 cm³/mol. The molecule has 1 aliphatic carbocycles. The first-order valence-electron chi connectivity index (χ1n) is 13.5. The van der Waals surface area contributed by atoms with Crippen molar-refractivity contribution in [3.63, 3.8) is 0 Å². The second-order valence-electron chi connectivity index (χ2n) is 10.2. The first-order chi connectivity index (χ1) is 19.3. The highest BCUT2D eigenvalue weighted by atomic mass is 16.2. The second kappa shape index (κ2) is 13.6. The molecular formula is C29H37N9O2. The molecule has 0 saturated heterocycles. The molecule has 4 rings (SSSR count). The Morgan fingerprint density at radius 2 is 2.05 bits per heavy atom. The van der Waals surface area contributed by atoms with Gasteiger partial charge in [-0.3, -0.25) is 14.7 Å². The second-order valence-corrected chi connectivity index (χ2v) is 10.2. The number of hydrogen-bond acceptors (Lipinski definition) is 8. The summed E-state index contributed by atoms with van der Waals surface area (Å²) < 4.78 is 0. The van der Waals surface area contributed by atoms with Gasteiger partial charge < -0.3 is 25.8 Å². The number of carbonyl (C=O) groups is 2. The summed E-state index contributed by atoms with van der Waals surface area (Å²) in [6.07, 6.45) is 10.3. The van der Waals surface area contributed by atoms with Crippen molar-refractivity contribution in [2.45, 2.75) is 44.7 Å². The molecule has 1 atom stereocenters. The maximum Gasteiger partial charge on any atom is 0.246 e. The van der Waals surface area contributed by atoms with Gasteiger partial charge in [0, 0.05) is 49.7 Å². The number of hydrogen-bond donors (Lipinski definition) is 4. The molecule has 210 valence electrons. The molecule has 2 heterocycles. The highest BCUT2D eigenvalue weighted by Crippen LogP contribution is 2.26. The van der Waals surface area contributed by atoms with Gasteiger partial charge in [0.15, 0.2) is 0 Å². The molecule has 0 spiro atoms. The molecule has 4 N–H and O–H groups in total. The number of likely N-dealkylation sites (N-methyl/N-ethyl adjacent to an activating group) is 2. The number of H-pyrrole nitrogens is 1. The van der Waals surface area contributed by atoms with E-state index in [2.05, 4.69) is 48.0 Å². The Balaban J connectivity index is 1.27. The Morgan fingerprint density at radius 3 is 2.83 bits per heavy atom. The largest absolute Gasteiger partial charge is 0.366 e. The van der Waals surface area contributed by atoms with E-state index in [0.717, 1.165) is 35.0 Å². The number of aromatic nitrogens is 4. The van der Waals surface area contributed by atoms with E-state index in [1.165, 1.54) is 11.0 Å². The highest BCUT2D eigenvalue weighted by Gasteiger charge is 2.23. The monoisotopic (exact) mass is 543 g/mol. The van der Waals surface area contributed by atoms with Crippen LogP contribution in [-0.4, -0.2) is 88.1 Å². The van der Waals surface area contributed by atoms with Crippen molar-refractivity contribution in [2.75, 3.05) is 44.9 Å². The molecule has 0 radical (unpaired) electrons. The fourth-order valence-electron chi connectivity index (χ4n) is 3.75. The van der Waals surface area contributed by atoms with Crippen LogP contribution in [0.15, 0.2) is 42.7 Å². The number of amides is 2. The predicted octanol–water partition coefficient (Wildman–Crippen LogP) is 2.88. The average Bonchev–Trinajstić information content (AvgIpc) is 3.63. The number of aromatic amines is 1. The Bertz CT molecular complexity index is 1420. The summed E-state index contributed by atoms with van der Waals surface area (Å²) in [6.45, 7) is 2.86. The lowest BCUT2D eigenvalue weighted by molar-refractivity contribution is -0.135. The molecule has 11 heteroatoms. The van der Waals surface area contributed by atoms with Gasteiger partial charge >= 0.3 is 0 Å². The molecule has 3 aromatic rings. The first kappa shape index (κ1) is 28.6. The summed E-state index contributed by atoms with van der Waals surface area (Å²) in [5, 5.41) is 17.6. The molecule has 1 saturated carbocycles. The van der Waals surface area contributed by atoms with Crippen LogP contribution in [-0.2, 0) is 9.59 Å². The maximum atomic E-state index is 12.5. The topological polar surface area (TPSA) is 131 Å². The minimum atomic E-state index is -0.565. The van der Waals surface area contributed by atoms with Crippen molar-refractivity contribution in [2.24, 2.45) is 0 Å². The van der Waals surface area contributed by atoms with Gasteiger partial charge in [0.05, 0.1) is 23.5 Å². The van der Waals surface area contributed by atoms with Crippen LogP contribution in [0.25, 0.3) is 10.9 Å². The maximum absolute atomic E-state index is 12.5. The van der Waals surface area contributed by atoms with Gasteiger partial charge in [-0.15, -0.1) is 0 Å². The minimum absolute atomic E-state index is 0.191. The third-order valence-electron chi connectivity index (χ3n) is 6.44. The summed E-state index contributed by atoms with van der Waals surface area (Å²) in [6, 6.07) is 5.75. The summed E-state index contributed by atoms with van der Waals surface area (Å²) in [7, 11) is 5.48. The number of benzene rings is 1. The first-order valence-corrected chi connectivity index (χ1v) is 13.5. The van der Waals surface area contributed by atoms with Gasteiger partial charge in [-0.25, -0.2) is 4.98 Å². The SMILES string of the molecule is C[C@@H](C(=O)NCCCC#Cc1cnc(Nc2ccc3cn[nH]c3c2)nc1NC1CC1)N(C)C(=O)C=CCN(C)C. The van der Waals surface area contributed by atoms with Crippen LogP contribution in [0.2, 0.25) is 0 Å². The molecule has 0 aliphatic heterocycles. The zero-order chi connectivity index (χ0) is 28.5. The molecule has 0 bridgehead atoms. The van der Waals surface area contributed by atoms with E-state index in [0.29, 0.717) is 43.7 Å². The Morgan fingerprint density at radius 1 is 1.23 bits per heavy atom. The number of rotatable bonds is 12. The molecule has 40 heavy (non-hydrogen) atoms. The van der Waals surface area contributed by atoms with Gasteiger partial charge in [0.25, 0.3) is 0 Å². The van der Waals surface area contributed by atoms with Crippen LogP contribution in [0.5, 0.6) is 0 Å². The summed E-state index contributed by atoms with van der Waals surface area (Å²) >= 11 is 0. The van der Waals surface area contributed by atoms with Crippen molar-refractivity contribution in [3.8, 4) is 11.8 Å². The van der Waals surface area contributed by atoms with E-state index in [9.17, 15) is 9.59 Å². The van der Waals surface area contributed by atoms with E-state index in [1.807, 2.05) is 37.2 Å². The number of nitrogens with zero attached hydrogens (tertiary/aromatic N) is 5. The lowest BCUT2D eigenvalue weighted by atomic mass is 10.2. The Kier molecular flexibility index (Phi) is 9.70. The molecule has 11 nitrogen and oxygen atoms in total. The summed E-state index contributed by atoms with van der Waals surface area (Å²) in [4.78, 5) is 37.3. The normalized spacial score (nSPS) is 13.6. The van der Waals surface area contributed by atoms with Crippen LogP contribution in [0, 0.1) is 11.8 Å². The molecule has 1 aliphatic rings. The van der Waals surface area contributed by atoms with Crippen molar-refractivity contribution >= 4 is 40.2 Å². The van der Waals surface area contributed by atoms with Crippen LogP contribution in [0.1, 0.15) is 38.2 Å². The van der Waals surface area contributed by atoms with E-state index in [-0.39, 0.29) is 11.8 Å². The van der Waals surface area contributed by atoms with Crippen LogP contribution in [0.3, 0.4) is 0 Å². The lowest BCUT2D eigenvalue weighted by Crippen LogP contribution is -2.45. The van der Waals surface area contributed by atoms with E-state index in [4.69, 9.17) is 0 Å². The van der Waals surface area contributed by atoms with Gasteiger partial charge in [-0.05, 0) is 58.5 Å². The molecular weight excluding hydrogens is 506 g/mol. The molecule has 1 aromatic carbocycles.